The molecule has 2 aromatic rings. The van der Waals surface area contributed by atoms with Gasteiger partial charge in [-0.15, -0.1) is 0 Å². The van der Waals surface area contributed by atoms with E-state index in [0.29, 0.717) is 10.9 Å². The molecule has 2 rings (SSSR count). The Hall–Kier alpha value is -1.08. The number of nitrogens with zero attached hydrogens (tertiary/aromatic N) is 4. The Morgan fingerprint density at radius 3 is 2.93 bits per heavy atom. The van der Waals surface area contributed by atoms with Gasteiger partial charge in [-0.1, -0.05) is 0 Å². The third-order valence-corrected chi connectivity index (χ3v) is 3.08. The van der Waals surface area contributed by atoms with Gasteiger partial charge in [0.25, 0.3) is 0 Å². The van der Waals surface area contributed by atoms with Gasteiger partial charge < -0.3 is 0 Å². The summed E-state index contributed by atoms with van der Waals surface area (Å²) < 4.78 is 17.4. The van der Waals surface area contributed by atoms with Crippen LogP contribution in [0.2, 0.25) is 0 Å². The van der Waals surface area contributed by atoms with E-state index >= 15 is 0 Å². The van der Waals surface area contributed by atoms with E-state index in [0.717, 1.165) is 4.34 Å². The van der Waals surface area contributed by atoms with Crippen molar-refractivity contribution in [3.8, 4) is 0 Å². The highest BCUT2D eigenvalue weighted by atomic mass is 32.2. The molecule has 0 aliphatic heterocycles. The first kappa shape index (κ1) is 9.47. The van der Waals surface area contributed by atoms with Crippen molar-refractivity contribution in [2.45, 2.75) is 16.3 Å². The SMILES string of the molecule is Cc1nsc(Sc2cc(F)ncn2)n1. The lowest BCUT2D eigenvalue weighted by Crippen LogP contribution is -1.86. The van der Waals surface area contributed by atoms with E-state index in [2.05, 4.69) is 19.3 Å². The van der Waals surface area contributed by atoms with Crippen LogP contribution in [0.3, 0.4) is 0 Å². The average Bonchev–Trinajstić information content (AvgIpc) is 2.51. The van der Waals surface area contributed by atoms with Crippen molar-refractivity contribution in [3.63, 3.8) is 0 Å². The van der Waals surface area contributed by atoms with E-state index in [1.807, 2.05) is 0 Å². The Morgan fingerprint density at radius 1 is 1.43 bits per heavy atom. The molecular weight excluding hydrogens is 223 g/mol. The molecule has 0 aliphatic rings. The number of hydrogen-bond acceptors (Lipinski definition) is 6. The lowest BCUT2D eigenvalue weighted by atomic mass is 10.7. The second kappa shape index (κ2) is 3.97. The molecule has 0 aliphatic carbocycles. The maximum absolute atomic E-state index is 12.7. The number of aromatic nitrogens is 4. The van der Waals surface area contributed by atoms with Gasteiger partial charge in [0.15, 0.2) is 4.34 Å². The summed E-state index contributed by atoms with van der Waals surface area (Å²) in [4.78, 5) is 11.4. The zero-order valence-corrected chi connectivity index (χ0v) is 8.77. The fourth-order valence-corrected chi connectivity index (χ4v) is 2.34. The summed E-state index contributed by atoms with van der Waals surface area (Å²) in [5, 5.41) is 0.536. The average molecular weight is 228 g/mol. The Morgan fingerprint density at radius 2 is 2.29 bits per heavy atom. The molecule has 0 saturated heterocycles. The summed E-state index contributed by atoms with van der Waals surface area (Å²) in [6.45, 7) is 1.81. The molecule has 0 unspecified atom stereocenters. The number of halogens is 1. The Bertz CT molecular complexity index is 445. The Labute approximate surface area is 87.8 Å². The molecule has 2 heterocycles. The van der Waals surface area contributed by atoms with Crippen LogP contribution in [0, 0.1) is 12.9 Å². The fraction of sp³-hybridized carbons (Fsp3) is 0.143. The van der Waals surface area contributed by atoms with Crippen molar-refractivity contribution in [3.05, 3.63) is 24.2 Å². The van der Waals surface area contributed by atoms with E-state index in [-0.39, 0.29) is 0 Å². The number of aryl methyl sites for hydroxylation is 1. The molecule has 14 heavy (non-hydrogen) atoms. The van der Waals surface area contributed by atoms with Crippen LogP contribution < -0.4 is 0 Å². The quantitative estimate of drug-likeness (QED) is 0.735. The molecule has 0 radical (unpaired) electrons. The zero-order valence-electron chi connectivity index (χ0n) is 7.14. The first-order chi connectivity index (χ1) is 6.74. The van der Waals surface area contributed by atoms with E-state index < -0.39 is 5.95 Å². The van der Waals surface area contributed by atoms with Gasteiger partial charge in [0.05, 0.1) is 0 Å². The van der Waals surface area contributed by atoms with Crippen molar-refractivity contribution in [1.82, 2.24) is 19.3 Å². The summed E-state index contributed by atoms with van der Waals surface area (Å²) in [5.41, 5.74) is 0. The lowest BCUT2D eigenvalue weighted by molar-refractivity contribution is 0.572. The van der Waals surface area contributed by atoms with Crippen LogP contribution in [0.5, 0.6) is 0 Å². The molecule has 4 nitrogen and oxygen atoms in total. The highest BCUT2D eigenvalue weighted by molar-refractivity contribution is 8.00. The van der Waals surface area contributed by atoms with Crippen LogP contribution >= 0.6 is 23.3 Å². The van der Waals surface area contributed by atoms with Crippen molar-refractivity contribution in [2.24, 2.45) is 0 Å². The third kappa shape index (κ3) is 2.24. The van der Waals surface area contributed by atoms with E-state index in [1.54, 1.807) is 6.92 Å². The van der Waals surface area contributed by atoms with E-state index in [9.17, 15) is 4.39 Å². The van der Waals surface area contributed by atoms with Gasteiger partial charge in [-0.2, -0.15) is 8.76 Å². The van der Waals surface area contributed by atoms with Crippen molar-refractivity contribution >= 4 is 23.3 Å². The Balaban J connectivity index is 2.18. The summed E-state index contributed by atoms with van der Waals surface area (Å²) in [6.07, 6.45) is 1.19. The van der Waals surface area contributed by atoms with Crippen molar-refractivity contribution in [2.75, 3.05) is 0 Å². The molecule has 72 valence electrons. The Kier molecular flexibility index (Phi) is 2.69. The fourth-order valence-electron chi connectivity index (χ4n) is 0.782. The molecule has 0 bridgehead atoms. The van der Waals surface area contributed by atoms with Gasteiger partial charge >= 0.3 is 0 Å². The predicted octanol–water partition coefficient (Wildman–Crippen LogP) is 1.93. The third-order valence-electron chi connectivity index (χ3n) is 1.31. The minimum absolute atomic E-state index is 0.536. The molecule has 0 N–H and O–H groups in total. The normalized spacial score (nSPS) is 10.4. The topological polar surface area (TPSA) is 51.6 Å². The van der Waals surface area contributed by atoms with Crippen LogP contribution in [0.4, 0.5) is 4.39 Å². The smallest absolute Gasteiger partial charge is 0.217 e. The highest BCUT2D eigenvalue weighted by Crippen LogP contribution is 2.26. The summed E-state index contributed by atoms with van der Waals surface area (Å²) in [7, 11) is 0. The van der Waals surface area contributed by atoms with Crippen LogP contribution in [0.15, 0.2) is 21.8 Å². The molecule has 7 heteroatoms. The van der Waals surface area contributed by atoms with Crippen LogP contribution in [0.1, 0.15) is 5.82 Å². The highest BCUT2D eigenvalue weighted by Gasteiger charge is 2.05. The second-order valence-electron chi connectivity index (χ2n) is 2.39. The molecule has 0 atom stereocenters. The predicted molar refractivity (Wildman–Crippen MR) is 50.8 cm³/mol. The van der Waals surface area contributed by atoms with Gasteiger partial charge in [-0.3, -0.25) is 0 Å². The largest absolute Gasteiger partial charge is 0.229 e. The molecule has 0 saturated carbocycles. The maximum Gasteiger partial charge on any atom is 0.217 e. The van der Waals surface area contributed by atoms with Crippen LogP contribution in [-0.4, -0.2) is 19.3 Å². The number of rotatable bonds is 2. The summed E-state index contributed by atoms with van der Waals surface area (Å²) >= 11 is 2.55. The van der Waals surface area contributed by atoms with Gasteiger partial charge in [-0.25, -0.2) is 15.0 Å². The van der Waals surface area contributed by atoms with Crippen LogP contribution in [0.25, 0.3) is 0 Å². The summed E-state index contributed by atoms with van der Waals surface area (Å²) in [5.74, 6) is 0.177. The second-order valence-corrected chi connectivity index (χ2v) is 4.41. The van der Waals surface area contributed by atoms with Crippen molar-refractivity contribution < 1.29 is 4.39 Å². The minimum atomic E-state index is -0.538. The lowest BCUT2D eigenvalue weighted by Gasteiger charge is -1.93. The maximum atomic E-state index is 12.7. The molecule has 2 aromatic heterocycles. The van der Waals surface area contributed by atoms with Crippen molar-refractivity contribution in [1.29, 1.82) is 0 Å². The minimum Gasteiger partial charge on any atom is -0.229 e. The monoisotopic (exact) mass is 228 g/mol. The molecule has 0 amide bonds. The standard InChI is InChI=1S/C7H5FN4S2/c1-4-11-7(14-12-4)13-6-2-5(8)9-3-10-6/h2-3H,1H3. The molecule has 0 spiro atoms. The summed E-state index contributed by atoms with van der Waals surface area (Å²) in [6, 6.07) is 1.27. The first-order valence-electron chi connectivity index (χ1n) is 3.70. The van der Waals surface area contributed by atoms with Gasteiger partial charge in [0.1, 0.15) is 17.2 Å². The van der Waals surface area contributed by atoms with Gasteiger partial charge in [0.2, 0.25) is 5.95 Å². The zero-order chi connectivity index (χ0) is 9.97. The number of hydrogen-bond donors (Lipinski definition) is 0. The van der Waals surface area contributed by atoms with Crippen LogP contribution in [-0.2, 0) is 0 Å². The van der Waals surface area contributed by atoms with E-state index in [4.69, 9.17) is 0 Å². The van der Waals surface area contributed by atoms with E-state index in [1.165, 1.54) is 35.7 Å². The first-order valence-corrected chi connectivity index (χ1v) is 5.29. The molecular formula is C7H5FN4S2. The molecule has 0 aromatic carbocycles. The van der Waals surface area contributed by atoms with Gasteiger partial charge in [-0.05, 0) is 30.2 Å². The molecule has 0 fully saturated rings. The van der Waals surface area contributed by atoms with Gasteiger partial charge in [0, 0.05) is 6.07 Å².